The van der Waals surface area contributed by atoms with Gasteiger partial charge in [-0.15, -0.1) is 0 Å². The number of carbonyl (C=O) groups is 2. The lowest BCUT2D eigenvalue weighted by Gasteiger charge is -2.55. The van der Waals surface area contributed by atoms with Gasteiger partial charge in [0.05, 0.1) is 31.0 Å². The molecule has 0 saturated carbocycles. The Hall–Kier alpha value is -2.25. The molecular weight excluding hydrogens is 721 g/mol. The maximum absolute atomic E-state index is 14.0. The van der Waals surface area contributed by atoms with E-state index in [0.717, 1.165) is 95.9 Å². The molecule has 2 spiro atoms. The van der Waals surface area contributed by atoms with Crippen LogP contribution >= 0.6 is 0 Å². The number of carbonyl (C=O) groups excluding carboxylic acids is 2. The first-order valence-electron chi connectivity index (χ1n) is 23.4. The molecule has 3 saturated heterocycles. The van der Waals surface area contributed by atoms with Crippen LogP contribution in [0.4, 0.5) is 0 Å². The van der Waals surface area contributed by atoms with Gasteiger partial charge < -0.3 is 45.9 Å². The number of hydrogen-bond acceptors (Lipinski definition) is 11. The molecule has 6 N–H and O–H groups in total. The summed E-state index contributed by atoms with van der Waals surface area (Å²) in [6.07, 6.45) is 29.4. The van der Waals surface area contributed by atoms with Gasteiger partial charge in [-0.1, -0.05) is 89.7 Å². The minimum absolute atomic E-state index is 0.0307. The van der Waals surface area contributed by atoms with Crippen LogP contribution in [0, 0.1) is 5.92 Å². The van der Waals surface area contributed by atoms with Gasteiger partial charge in [-0.3, -0.25) is 9.59 Å². The molecule has 0 aromatic carbocycles. The van der Waals surface area contributed by atoms with E-state index in [1.165, 1.54) is 57.8 Å². The Morgan fingerprint density at radius 2 is 1.67 bits per heavy atom. The van der Waals surface area contributed by atoms with E-state index in [2.05, 4.69) is 36.2 Å². The third kappa shape index (κ3) is 13.1. The Bertz CT molecular complexity index is 1280. The minimum atomic E-state index is -0.886. The normalized spacial score (nSPS) is 29.8. The van der Waals surface area contributed by atoms with E-state index in [4.69, 9.17) is 30.7 Å². The average molecular weight is 801 g/mol. The summed E-state index contributed by atoms with van der Waals surface area (Å²) in [5.41, 5.74) is 9.88. The highest BCUT2D eigenvalue weighted by molar-refractivity contribution is 5.87. The monoisotopic (exact) mass is 801 g/mol. The Kier molecular flexibility index (Phi) is 18.9. The highest BCUT2D eigenvalue weighted by atomic mass is 16.6. The lowest BCUT2D eigenvalue weighted by atomic mass is 9.80. The minimum Gasteiger partial charge on any atom is -0.465 e. The maximum atomic E-state index is 14.0. The van der Waals surface area contributed by atoms with Crippen molar-refractivity contribution in [1.82, 2.24) is 15.1 Å². The molecular formula is C45H80N6O6. The number of hydrogen-bond donors (Lipinski definition) is 4. The smallest absolute Gasteiger partial charge is 0.316 e. The van der Waals surface area contributed by atoms with E-state index in [0.29, 0.717) is 51.7 Å². The lowest BCUT2D eigenvalue weighted by molar-refractivity contribution is -0.194. The van der Waals surface area contributed by atoms with Crippen LogP contribution in [0.15, 0.2) is 17.1 Å². The Morgan fingerprint density at radius 3 is 2.33 bits per heavy atom. The summed E-state index contributed by atoms with van der Waals surface area (Å²) in [6, 6.07) is 0.328. The van der Waals surface area contributed by atoms with Crippen LogP contribution in [-0.4, -0.2) is 107 Å². The predicted octanol–water partition coefficient (Wildman–Crippen LogP) is 6.82. The van der Waals surface area contributed by atoms with Gasteiger partial charge in [-0.2, -0.15) is 0 Å². The van der Waals surface area contributed by atoms with E-state index in [9.17, 15) is 14.7 Å². The average Bonchev–Trinajstić information content (AvgIpc) is 3.49. The molecule has 0 radical (unpaired) electrons. The maximum Gasteiger partial charge on any atom is 0.316 e. The van der Waals surface area contributed by atoms with E-state index in [1.54, 1.807) is 4.90 Å². The van der Waals surface area contributed by atoms with Crippen molar-refractivity contribution in [2.45, 2.75) is 216 Å². The molecule has 5 heterocycles. The first kappa shape index (κ1) is 45.8. The number of ether oxygens (including phenoxy) is 3. The summed E-state index contributed by atoms with van der Waals surface area (Å²) in [7, 11) is 0. The molecule has 12 heteroatoms. The molecule has 1 amide bonds. The van der Waals surface area contributed by atoms with E-state index >= 15 is 0 Å². The Morgan fingerprint density at radius 1 is 0.965 bits per heavy atom. The first-order chi connectivity index (χ1) is 27.7. The molecule has 0 aliphatic carbocycles. The molecule has 12 nitrogen and oxygen atoms in total. The molecule has 0 aromatic heterocycles. The molecule has 326 valence electrons. The van der Waals surface area contributed by atoms with Crippen molar-refractivity contribution >= 4 is 17.8 Å². The summed E-state index contributed by atoms with van der Waals surface area (Å²) in [5, 5.41) is 13.9. The number of nitrogens with one attached hydrogen (secondary N) is 1. The van der Waals surface area contributed by atoms with Crippen molar-refractivity contribution in [1.29, 1.82) is 0 Å². The van der Waals surface area contributed by atoms with Crippen LogP contribution < -0.4 is 16.8 Å². The fraction of sp³-hybridized carbons (Fsp3) is 0.889. The number of rotatable bonds is 25. The number of nitrogens with zero attached hydrogens (tertiary/aromatic N) is 3. The predicted molar refractivity (Wildman–Crippen MR) is 226 cm³/mol. The molecule has 5 aliphatic rings. The van der Waals surface area contributed by atoms with Gasteiger partial charge in [0.15, 0.2) is 11.7 Å². The number of amides is 1. The van der Waals surface area contributed by atoms with Gasteiger partial charge in [0.2, 0.25) is 5.91 Å². The standard InChI is InChI=1S/C45H80N6O6/c1-3-38-22-16-17-27-44(57-38)33-36-24-25-39-41(45(28-19-21-35(2)56-45)49-43(48-44)51(36)39)42(54)55-32-18-14-12-10-8-6-4-5-7-9-11-13-15-23-40(53)50(31-20-29-46)34-37(52)26-30-47/h16,22,35-39,41,52H,3-15,17-21,23-34,46-47H2,1-2H3,(H,48,49)/t35-,36+,37+,38+,39-,41-,44+,45-/m0/s1. The number of guanidine groups is 1. The van der Waals surface area contributed by atoms with Crippen molar-refractivity contribution < 1.29 is 28.9 Å². The molecule has 0 aromatic rings. The highest BCUT2D eigenvalue weighted by Gasteiger charge is 2.62. The fourth-order valence-electron chi connectivity index (χ4n) is 10.2. The summed E-state index contributed by atoms with van der Waals surface area (Å²) in [6.45, 7) is 6.68. The number of aliphatic hydroxyl groups is 1. The Labute approximate surface area is 344 Å². The van der Waals surface area contributed by atoms with E-state index in [1.807, 2.05) is 0 Å². The van der Waals surface area contributed by atoms with Gasteiger partial charge in [-0.25, -0.2) is 4.99 Å². The summed E-state index contributed by atoms with van der Waals surface area (Å²) >= 11 is 0. The zero-order valence-electron chi connectivity index (χ0n) is 35.8. The zero-order valence-corrected chi connectivity index (χ0v) is 35.8. The number of aliphatic hydroxyl groups excluding tert-OH is 1. The van der Waals surface area contributed by atoms with Crippen molar-refractivity contribution in [2.75, 3.05) is 32.8 Å². The number of allylic oxidation sites excluding steroid dienone is 1. The van der Waals surface area contributed by atoms with Crippen molar-refractivity contribution in [3.63, 3.8) is 0 Å². The van der Waals surface area contributed by atoms with Crippen LogP contribution in [0.3, 0.4) is 0 Å². The van der Waals surface area contributed by atoms with Crippen molar-refractivity contribution in [2.24, 2.45) is 22.4 Å². The number of unbranched alkanes of at least 4 members (excludes halogenated alkanes) is 12. The molecule has 0 unspecified atom stereocenters. The van der Waals surface area contributed by atoms with Crippen molar-refractivity contribution in [3.8, 4) is 0 Å². The second-order valence-corrected chi connectivity index (χ2v) is 17.9. The molecule has 3 fully saturated rings. The van der Waals surface area contributed by atoms with E-state index in [-0.39, 0.29) is 30.1 Å². The van der Waals surface area contributed by atoms with E-state index < -0.39 is 23.5 Å². The largest absolute Gasteiger partial charge is 0.465 e. The van der Waals surface area contributed by atoms with Crippen LogP contribution in [0.2, 0.25) is 0 Å². The molecule has 5 rings (SSSR count). The molecule has 57 heavy (non-hydrogen) atoms. The lowest BCUT2D eigenvalue weighted by Crippen LogP contribution is -2.71. The van der Waals surface area contributed by atoms with Crippen LogP contribution in [0.25, 0.3) is 0 Å². The molecule has 5 aliphatic heterocycles. The quantitative estimate of drug-likeness (QED) is 0.0438. The Balaban J connectivity index is 0.943. The van der Waals surface area contributed by atoms with Gasteiger partial charge in [-0.05, 0) is 97.1 Å². The summed E-state index contributed by atoms with van der Waals surface area (Å²) < 4.78 is 19.6. The second-order valence-electron chi connectivity index (χ2n) is 17.9. The summed E-state index contributed by atoms with van der Waals surface area (Å²) in [4.78, 5) is 36.3. The number of nitrogens with two attached hydrogens (primary N) is 2. The van der Waals surface area contributed by atoms with Crippen molar-refractivity contribution in [3.05, 3.63) is 12.2 Å². The first-order valence-corrected chi connectivity index (χ1v) is 23.4. The zero-order chi connectivity index (χ0) is 40.5. The third-order valence-corrected chi connectivity index (χ3v) is 13.2. The SMILES string of the molecule is CC[C@@H]1C=CCC[C@]2(C[C@H]3CC[C@H]4[C@@H](C(=O)OCCCCCCCCCCCCCCCC(=O)N(CCCN)C[C@H](O)CCN)[C@@]5(CCC[C@H](C)O5)N=C(N2)N34)O1. The van der Waals surface area contributed by atoms with Gasteiger partial charge in [0.25, 0.3) is 0 Å². The highest BCUT2D eigenvalue weighted by Crippen LogP contribution is 2.50. The van der Waals surface area contributed by atoms with Gasteiger partial charge in [0, 0.05) is 32.0 Å². The van der Waals surface area contributed by atoms with Crippen LogP contribution in [-0.2, 0) is 23.8 Å². The van der Waals surface area contributed by atoms with Gasteiger partial charge in [0.1, 0.15) is 11.6 Å². The molecule has 0 bridgehead atoms. The molecule has 8 atom stereocenters. The topological polar surface area (TPSA) is 165 Å². The number of esters is 1. The van der Waals surface area contributed by atoms with Crippen LogP contribution in [0.1, 0.15) is 174 Å². The fourth-order valence-corrected chi connectivity index (χ4v) is 10.2. The van der Waals surface area contributed by atoms with Gasteiger partial charge >= 0.3 is 5.97 Å². The third-order valence-electron chi connectivity index (χ3n) is 13.2. The number of aliphatic imine (C=N–C) groups is 1. The summed E-state index contributed by atoms with van der Waals surface area (Å²) in [5.74, 6) is 0.440. The van der Waals surface area contributed by atoms with Crippen LogP contribution in [0.5, 0.6) is 0 Å². The second kappa shape index (κ2) is 23.5.